The van der Waals surface area contributed by atoms with E-state index in [1.165, 1.54) is 6.07 Å². The van der Waals surface area contributed by atoms with Gasteiger partial charge in [-0.1, -0.05) is 28.1 Å². The second-order valence-electron chi connectivity index (χ2n) is 2.38. The summed E-state index contributed by atoms with van der Waals surface area (Å²) in [7, 11) is 0. The Hall–Kier alpha value is -0.480. The van der Waals surface area contributed by atoms with Crippen LogP contribution >= 0.6 is 28.1 Å². The van der Waals surface area contributed by atoms with Gasteiger partial charge < -0.3 is 5.73 Å². The number of hydrogen-bond acceptors (Lipinski definition) is 1. The summed E-state index contributed by atoms with van der Waals surface area (Å²) >= 11 is 7.91. The number of nitrogens with two attached hydrogens (primary N) is 1. The molecule has 0 saturated heterocycles. The molecule has 0 bridgehead atoms. The normalized spacial score (nSPS) is 9.83. The zero-order chi connectivity index (χ0) is 9.14. The van der Waals surface area contributed by atoms with Crippen molar-refractivity contribution in [3.8, 4) is 0 Å². The number of halogens is 2. The highest BCUT2D eigenvalue weighted by atomic mass is 79.9. The van der Waals surface area contributed by atoms with Gasteiger partial charge in [-0.2, -0.15) is 0 Å². The van der Waals surface area contributed by atoms with Gasteiger partial charge in [-0.3, -0.25) is 0 Å². The second-order valence-corrected chi connectivity index (χ2v) is 3.82. The van der Waals surface area contributed by atoms with Gasteiger partial charge in [0.05, 0.1) is 4.99 Å². The number of thiocarbonyl (C=S) groups is 1. The minimum atomic E-state index is -0.272. The molecule has 0 atom stereocenters. The lowest BCUT2D eigenvalue weighted by Gasteiger charge is -2.01. The molecule has 1 rings (SSSR count). The molecule has 0 heterocycles. The van der Waals surface area contributed by atoms with Crippen molar-refractivity contribution in [1.82, 2.24) is 0 Å². The van der Waals surface area contributed by atoms with Crippen LogP contribution in [0.5, 0.6) is 0 Å². The summed E-state index contributed by atoms with van der Waals surface area (Å²) < 4.78 is 13.8. The van der Waals surface area contributed by atoms with E-state index in [0.29, 0.717) is 17.0 Å². The van der Waals surface area contributed by atoms with Crippen LogP contribution in [0.25, 0.3) is 0 Å². The molecule has 0 spiro atoms. The highest BCUT2D eigenvalue weighted by molar-refractivity contribution is 9.10. The molecule has 0 aliphatic heterocycles. The van der Waals surface area contributed by atoms with Gasteiger partial charge in [0.1, 0.15) is 5.82 Å². The van der Waals surface area contributed by atoms with E-state index in [1.807, 2.05) is 0 Å². The molecular weight excluding hydrogens is 241 g/mol. The number of hydrogen-bond donors (Lipinski definition) is 1. The van der Waals surface area contributed by atoms with Crippen molar-refractivity contribution in [2.45, 2.75) is 6.42 Å². The van der Waals surface area contributed by atoms with Crippen molar-refractivity contribution in [2.75, 3.05) is 0 Å². The van der Waals surface area contributed by atoms with Crippen molar-refractivity contribution in [3.05, 3.63) is 34.1 Å². The average Bonchev–Trinajstić information content (AvgIpc) is 1.96. The predicted molar refractivity (Wildman–Crippen MR) is 54.6 cm³/mol. The van der Waals surface area contributed by atoms with Gasteiger partial charge in [0.15, 0.2) is 0 Å². The van der Waals surface area contributed by atoms with Crippen LogP contribution in [0.4, 0.5) is 4.39 Å². The van der Waals surface area contributed by atoms with Crippen LogP contribution in [-0.2, 0) is 6.42 Å². The van der Waals surface area contributed by atoms with E-state index in [-0.39, 0.29) is 5.82 Å². The molecule has 0 saturated carbocycles. The molecule has 0 fully saturated rings. The van der Waals surface area contributed by atoms with Crippen LogP contribution < -0.4 is 5.73 Å². The van der Waals surface area contributed by atoms with E-state index < -0.39 is 0 Å². The SMILES string of the molecule is NC(=S)Cc1cc(Br)ccc1F. The van der Waals surface area contributed by atoms with E-state index in [2.05, 4.69) is 28.1 Å². The van der Waals surface area contributed by atoms with E-state index >= 15 is 0 Å². The molecule has 0 amide bonds. The number of benzene rings is 1. The third kappa shape index (κ3) is 2.53. The fraction of sp³-hybridized carbons (Fsp3) is 0.125. The van der Waals surface area contributed by atoms with Crippen LogP contribution in [0.15, 0.2) is 22.7 Å². The topological polar surface area (TPSA) is 26.0 Å². The molecule has 0 aliphatic carbocycles. The maximum atomic E-state index is 13.0. The summed E-state index contributed by atoms with van der Waals surface area (Å²) in [5, 5.41) is 0. The van der Waals surface area contributed by atoms with Crippen molar-refractivity contribution >= 4 is 33.1 Å². The van der Waals surface area contributed by atoms with Crippen molar-refractivity contribution < 1.29 is 4.39 Å². The molecule has 0 aromatic heterocycles. The first-order valence-electron chi connectivity index (χ1n) is 3.32. The monoisotopic (exact) mass is 247 g/mol. The lowest BCUT2D eigenvalue weighted by Crippen LogP contribution is -2.12. The summed E-state index contributed by atoms with van der Waals surface area (Å²) in [6.45, 7) is 0. The molecule has 0 unspecified atom stereocenters. The Morgan fingerprint density at radius 3 is 2.83 bits per heavy atom. The minimum absolute atomic E-state index is 0.272. The fourth-order valence-corrected chi connectivity index (χ4v) is 1.43. The average molecular weight is 248 g/mol. The molecule has 0 radical (unpaired) electrons. The van der Waals surface area contributed by atoms with E-state index in [9.17, 15) is 4.39 Å². The first kappa shape index (κ1) is 9.61. The van der Waals surface area contributed by atoms with Gasteiger partial charge in [-0.15, -0.1) is 0 Å². The van der Waals surface area contributed by atoms with Gasteiger partial charge in [-0.05, 0) is 23.8 Å². The molecule has 0 aliphatic rings. The Balaban J connectivity index is 2.97. The minimum Gasteiger partial charge on any atom is -0.393 e. The third-order valence-electron chi connectivity index (χ3n) is 1.37. The molecule has 1 aromatic rings. The van der Waals surface area contributed by atoms with Gasteiger partial charge in [0, 0.05) is 10.9 Å². The molecule has 1 aromatic carbocycles. The van der Waals surface area contributed by atoms with Crippen LogP contribution in [0.2, 0.25) is 0 Å². The Bertz CT molecular complexity index is 314. The van der Waals surface area contributed by atoms with Gasteiger partial charge in [0.25, 0.3) is 0 Å². The maximum Gasteiger partial charge on any atom is 0.126 e. The first-order valence-corrected chi connectivity index (χ1v) is 4.52. The Kier molecular flexibility index (Phi) is 3.17. The largest absolute Gasteiger partial charge is 0.393 e. The summed E-state index contributed by atoms with van der Waals surface area (Å²) in [6.07, 6.45) is 0.306. The summed E-state index contributed by atoms with van der Waals surface area (Å²) in [4.78, 5) is 0.298. The van der Waals surface area contributed by atoms with Crippen molar-refractivity contribution in [1.29, 1.82) is 0 Å². The molecule has 12 heavy (non-hydrogen) atoms. The summed E-state index contributed by atoms with van der Waals surface area (Å²) in [5.41, 5.74) is 5.82. The molecular formula is C8H7BrFNS. The van der Waals surface area contributed by atoms with E-state index in [1.54, 1.807) is 12.1 Å². The molecule has 1 nitrogen and oxygen atoms in total. The Morgan fingerprint density at radius 1 is 1.58 bits per heavy atom. The Morgan fingerprint density at radius 2 is 2.25 bits per heavy atom. The quantitative estimate of drug-likeness (QED) is 0.813. The maximum absolute atomic E-state index is 13.0. The van der Waals surface area contributed by atoms with E-state index in [4.69, 9.17) is 5.73 Å². The Labute approximate surface area is 83.9 Å². The zero-order valence-corrected chi connectivity index (χ0v) is 8.58. The van der Waals surface area contributed by atoms with Crippen LogP contribution in [0.3, 0.4) is 0 Å². The standard InChI is InChI=1S/C8H7BrFNS/c9-6-1-2-7(10)5(3-6)4-8(11)12/h1-3H,4H2,(H2,11,12). The molecule has 2 N–H and O–H groups in total. The highest BCUT2D eigenvalue weighted by Crippen LogP contribution is 2.15. The summed E-state index contributed by atoms with van der Waals surface area (Å²) in [6, 6.07) is 4.70. The van der Waals surface area contributed by atoms with Crippen LogP contribution in [0.1, 0.15) is 5.56 Å². The van der Waals surface area contributed by atoms with Gasteiger partial charge >= 0.3 is 0 Å². The van der Waals surface area contributed by atoms with Crippen LogP contribution in [-0.4, -0.2) is 4.99 Å². The zero-order valence-electron chi connectivity index (χ0n) is 6.18. The second kappa shape index (κ2) is 3.96. The van der Waals surface area contributed by atoms with E-state index in [0.717, 1.165) is 4.47 Å². The molecule has 64 valence electrons. The smallest absolute Gasteiger partial charge is 0.126 e. The van der Waals surface area contributed by atoms with Crippen LogP contribution in [0, 0.1) is 5.82 Å². The van der Waals surface area contributed by atoms with Gasteiger partial charge in [0.2, 0.25) is 0 Å². The summed E-state index contributed by atoms with van der Waals surface area (Å²) in [5.74, 6) is -0.272. The lowest BCUT2D eigenvalue weighted by atomic mass is 10.1. The first-order chi connectivity index (χ1) is 5.59. The highest BCUT2D eigenvalue weighted by Gasteiger charge is 2.03. The molecule has 4 heteroatoms. The van der Waals surface area contributed by atoms with Crippen molar-refractivity contribution in [3.63, 3.8) is 0 Å². The van der Waals surface area contributed by atoms with Gasteiger partial charge in [-0.25, -0.2) is 4.39 Å². The predicted octanol–water partition coefficient (Wildman–Crippen LogP) is 2.42. The lowest BCUT2D eigenvalue weighted by molar-refractivity contribution is 0.615. The fourth-order valence-electron chi connectivity index (χ4n) is 0.866. The third-order valence-corrected chi connectivity index (χ3v) is 2.01. The number of rotatable bonds is 2. The van der Waals surface area contributed by atoms with Crippen molar-refractivity contribution in [2.24, 2.45) is 5.73 Å².